The van der Waals surface area contributed by atoms with Crippen molar-refractivity contribution in [3.05, 3.63) is 45.7 Å². The van der Waals surface area contributed by atoms with Gasteiger partial charge in [-0.05, 0) is 62.8 Å². The van der Waals surface area contributed by atoms with Crippen molar-refractivity contribution >= 4 is 46.2 Å². The molecule has 0 radical (unpaired) electrons. The fraction of sp³-hybridized carbons (Fsp3) is 0.500. The molecule has 0 bridgehead atoms. The normalized spacial score (nSPS) is 20.5. The number of benzene rings is 1. The minimum atomic E-state index is -0.750. The SMILES string of the molecule is Cc1nn([C@H](C)c2ccc(Cl)cc2Cl)c2nc(N3CC([C@H]4CCCN(CC(=O)O)C4)C3)cnc12. The topological polar surface area (TPSA) is 87.4 Å². The maximum Gasteiger partial charge on any atom is 0.317 e. The van der Waals surface area contributed by atoms with Gasteiger partial charge in [0.25, 0.3) is 0 Å². The molecule has 2 fully saturated rings. The Labute approximate surface area is 208 Å². The van der Waals surface area contributed by atoms with Crippen LogP contribution < -0.4 is 4.90 Å². The number of carbonyl (C=O) groups is 1. The first-order valence-electron chi connectivity index (χ1n) is 11.7. The average molecular weight is 503 g/mol. The second-order valence-electron chi connectivity index (χ2n) is 9.47. The number of aromatic nitrogens is 4. The highest BCUT2D eigenvalue weighted by Crippen LogP contribution is 2.35. The third-order valence-corrected chi connectivity index (χ3v) is 7.70. The van der Waals surface area contributed by atoms with Crippen LogP contribution in [0, 0.1) is 18.8 Å². The molecule has 8 nitrogen and oxygen atoms in total. The molecule has 4 heterocycles. The zero-order valence-electron chi connectivity index (χ0n) is 19.3. The molecule has 0 amide bonds. The summed E-state index contributed by atoms with van der Waals surface area (Å²) in [5, 5.41) is 15.0. The fourth-order valence-electron chi connectivity index (χ4n) is 5.24. The zero-order valence-corrected chi connectivity index (χ0v) is 20.8. The maximum atomic E-state index is 11.1. The van der Waals surface area contributed by atoms with Crippen LogP contribution in [0.2, 0.25) is 10.0 Å². The summed E-state index contributed by atoms with van der Waals surface area (Å²) in [4.78, 5) is 25.0. The second-order valence-corrected chi connectivity index (χ2v) is 10.3. The third kappa shape index (κ3) is 4.46. The fourth-order valence-corrected chi connectivity index (χ4v) is 5.81. The average Bonchev–Trinajstić information content (AvgIpc) is 3.08. The number of hydrogen-bond acceptors (Lipinski definition) is 6. The van der Waals surface area contributed by atoms with Crippen LogP contribution in [0.4, 0.5) is 5.82 Å². The van der Waals surface area contributed by atoms with Crippen LogP contribution in [-0.4, -0.2) is 68.4 Å². The maximum absolute atomic E-state index is 11.1. The first-order chi connectivity index (χ1) is 16.3. The van der Waals surface area contributed by atoms with Crippen molar-refractivity contribution in [3.63, 3.8) is 0 Å². The standard InChI is InChI=1S/C24H28Cl2N6O2/c1-14-23-24(32(29-14)15(2)19-6-5-18(25)8-20(19)26)28-21(9-27-23)31-11-17(12-31)16-4-3-7-30(10-16)13-22(33)34/h5-6,8-9,15-17H,3-4,7,10-13H2,1-2H3,(H,33,34)/t15-,16+/m1/s1. The van der Waals surface area contributed by atoms with Crippen molar-refractivity contribution < 1.29 is 9.90 Å². The summed E-state index contributed by atoms with van der Waals surface area (Å²) in [6, 6.07) is 5.37. The molecule has 180 valence electrons. The molecule has 1 aromatic carbocycles. The van der Waals surface area contributed by atoms with Crippen molar-refractivity contribution in [1.29, 1.82) is 0 Å². The molecule has 2 saturated heterocycles. The van der Waals surface area contributed by atoms with Gasteiger partial charge < -0.3 is 10.0 Å². The molecule has 0 saturated carbocycles. The van der Waals surface area contributed by atoms with Crippen molar-refractivity contribution in [2.75, 3.05) is 37.6 Å². The van der Waals surface area contributed by atoms with E-state index >= 15 is 0 Å². The number of halogens is 2. The molecule has 3 aromatic rings. The summed E-state index contributed by atoms with van der Waals surface area (Å²) >= 11 is 12.5. The van der Waals surface area contributed by atoms with E-state index in [9.17, 15) is 4.79 Å². The van der Waals surface area contributed by atoms with Crippen molar-refractivity contribution in [3.8, 4) is 0 Å². The van der Waals surface area contributed by atoms with Gasteiger partial charge in [-0.15, -0.1) is 0 Å². The predicted molar refractivity (Wildman–Crippen MR) is 133 cm³/mol. The number of carboxylic acid groups (broad SMARTS) is 1. The van der Waals surface area contributed by atoms with Crippen LogP contribution >= 0.6 is 23.2 Å². The molecule has 34 heavy (non-hydrogen) atoms. The third-order valence-electron chi connectivity index (χ3n) is 7.14. The lowest BCUT2D eigenvalue weighted by Crippen LogP contribution is -2.54. The highest BCUT2D eigenvalue weighted by molar-refractivity contribution is 6.35. The molecule has 0 spiro atoms. The zero-order chi connectivity index (χ0) is 24.0. The Morgan fingerprint density at radius 2 is 2.03 bits per heavy atom. The Kier molecular flexibility index (Phi) is 6.39. The molecular formula is C24H28Cl2N6O2. The van der Waals surface area contributed by atoms with Crippen LogP contribution in [0.1, 0.15) is 37.1 Å². The number of hydrogen-bond donors (Lipinski definition) is 1. The molecule has 10 heteroatoms. The lowest BCUT2D eigenvalue weighted by molar-refractivity contribution is -0.138. The highest BCUT2D eigenvalue weighted by atomic mass is 35.5. The van der Waals surface area contributed by atoms with E-state index in [-0.39, 0.29) is 12.6 Å². The Hall–Kier alpha value is -2.42. The number of piperidine rings is 1. The van der Waals surface area contributed by atoms with E-state index in [1.807, 2.05) is 36.9 Å². The summed E-state index contributed by atoms with van der Waals surface area (Å²) < 4.78 is 1.89. The highest BCUT2D eigenvalue weighted by Gasteiger charge is 2.37. The van der Waals surface area contributed by atoms with Crippen molar-refractivity contribution in [2.45, 2.75) is 32.7 Å². The molecule has 2 aromatic heterocycles. The van der Waals surface area contributed by atoms with E-state index in [4.69, 9.17) is 38.4 Å². The Bertz CT molecular complexity index is 1230. The summed E-state index contributed by atoms with van der Waals surface area (Å²) in [5.41, 5.74) is 3.28. The molecule has 0 aliphatic carbocycles. The number of anilines is 1. The minimum Gasteiger partial charge on any atom is -0.480 e. The largest absolute Gasteiger partial charge is 0.480 e. The Balaban J connectivity index is 1.33. The molecule has 5 rings (SSSR count). The van der Waals surface area contributed by atoms with Gasteiger partial charge in [0.15, 0.2) is 5.65 Å². The van der Waals surface area contributed by atoms with Crippen LogP contribution in [0.15, 0.2) is 24.4 Å². The lowest BCUT2D eigenvalue weighted by Gasteiger charge is -2.46. The molecule has 2 atom stereocenters. The number of likely N-dealkylation sites (tertiary alicyclic amines) is 1. The Morgan fingerprint density at radius 3 is 2.76 bits per heavy atom. The van der Waals surface area contributed by atoms with Gasteiger partial charge in [-0.25, -0.2) is 14.6 Å². The van der Waals surface area contributed by atoms with Gasteiger partial charge in [0.05, 0.1) is 24.5 Å². The van der Waals surface area contributed by atoms with Gasteiger partial charge >= 0.3 is 5.97 Å². The van der Waals surface area contributed by atoms with Gasteiger partial charge in [0.2, 0.25) is 0 Å². The van der Waals surface area contributed by atoms with Crippen LogP contribution in [0.5, 0.6) is 0 Å². The van der Waals surface area contributed by atoms with E-state index in [0.717, 1.165) is 67.3 Å². The van der Waals surface area contributed by atoms with E-state index in [2.05, 4.69) is 14.8 Å². The minimum absolute atomic E-state index is 0.128. The van der Waals surface area contributed by atoms with Gasteiger partial charge in [-0.3, -0.25) is 9.69 Å². The number of nitrogens with zero attached hydrogens (tertiary/aromatic N) is 6. The smallest absolute Gasteiger partial charge is 0.317 e. The van der Waals surface area contributed by atoms with Crippen LogP contribution in [0.25, 0.3) is 11.2 Å². The monoisotopic (exact) mass is 502 g/mol. The first-order valence-corrected chi connectivity index (χ1v) is 12.4. The summed E-state index contributed by atoms with van der Waals surface area (Å²) in [5.74, 6) is 1.17. The van der Waals surface area contributed by atoms with Gasteiger partial charge in [0, 0.05) is 29.7 Å². The first kappa shape index (κ1) is 23.3. The van der Waals surface area contributed by atoms with Crippen LogP contribution in [0.3, 0.4) is 0 Å². The van der Waals surface area contributed by atoms with E-state index < -0.39 is 5.97 Å². The number of carboxylic acids is 1. The second kappa shape index (κ2) is 9.32. The number of rotatable bonds is 6. The van der Waals surface area contributed by atoms with E-state index in [1.165, 1.54) is 0 Å². The molecule has 2 aliphatic heterocycles. The molecule has 1 N–H and O–H groups in total. The van der Waals surface area contributed by atoms with Crippen molar-refractivity contribution in [2.24, 2.45) is 11.8 Å². The number of fused-ring (bicyclic) bond motifs is 1. The van der Waals surface area contributed by atoms with Gasteiger partial charge in [-0.2, -0.15) is 5.10 Å². The Morgan fingerprint density at radius 1 is 1.24 bits per heavy atom. The van der Waals surface area contributed by atoms with Gasteiger partial charge in [0.1, 0.15) is 11.3 Å². The molecular weight excluding hydrogens is 475 g/mol. The summed E-state index contributed by atoms with van der Waals surface area (Å²) in [6.45, 7) is 7.68. The van der Waals surface area contributed by atoms with E-state index in [0.29, 0.717) is 21.9 Å². The molecule has 0 unspecified atom stereocenters. The quantitative estimate of drug-likeness (QED) is 0.537. The molecule has 2 aliphatic rings. The summed E-state index contributed by atoms with van der Waals surface area (Å²) in [6.07, 6.45) is 4.05. The van der Waals surface area contributed by atoms with Crippen molar-refractivity contribution in [1.82, 2.24) is 24.6 Å². The van der Waals surface area contributed by atoms with Gasteiger partial charge in [-0.1, -0.05) is 29.3 Å². The summed E-state index contributed by atoms with van der Waals surface area (Å²) in [7, 11) is 0. The number of aryl methyl sites for hydroxylation is 1. The predicted octanol–water partition coefficient (Wildman–Crippen LogP) is 4.28. The lowest BCUT2D eigenvalue weighted by atomic mass is 9.80. The van der Waals surface area contributed by atoms with Crippen LogP contribution in [-0.2, 0) is 4.79 Å². The van der Waals surface area contributed by atoms with E-state index in [1.54, 1.807) is 6.07 Å². The number of aliphatic carboxylic acids is 1.